The minimum atomic E-state index is -1.67. The zero-order chi connectivity index (χ0) is 21.2. The van der Waals surface area contributed by atoms with Crippen LogP contribution in [0.2, 0.25) is 0 Å². The van der Waals surface area contributed by atoms with Gasteiger partial charge in [-0.3, -0.25) is 4.90 Å². The van der Waals surface area contributed by atoms with Crippen molar-refractivity contribution in [1.29, 1.82) is 21.0 Å². The summed E-state index contributed by atoms with van der Waals surface area (Å²) in [5, 5.41) is 38.9. The van der Waals surface area contributed by atoms with Crippen LogP contribution < -0.4 is 0 Å². The summed E-state index contributed by atoms with van der Waals surface area (Å²) < 4.78 is 6.00. The number of rotatable bonds is 6. The van der Waals surface area contributed by atoms with Crippen LogP contribution in [-0.2, 0) is 11.3 Å². The minimum absolute atomic E-state index is 0.175. The van der Waals surface area contributed by atoms with Gasteiger partial charge in [-0.1, -0.05) is 60.7 Å². The quantitative estimate of drug-likeness (QED) is 0.696. The van der Waals surface area contributed by atoms with E-state index in [9.17, 15) is 21.0 Å². The first-order valence-electron chi connectivity index (χ1n) is 9.70. The molecule has 1 unspecified atom stereocenters. The van der Waals surface area contributed by atoms with Crippen LogP contribution in [0.15, 0.2) is 60.7 Å². The fraction of sp³-hybridized carbons (Fsp3) is 0.333. The fourth-order valence-corrected chi connectivity index (χ4v) is 4.74. The van der Waals surface area contributed by atoms with E-state index in [2.05, 4.69) is 0 Å². The molecule has 2 aromatic carbocycles. The van der Waals surface area contributed by atoms with Crippen molar-refractivity contribution in [3.8, 4) is 24.3 Å². The molecule has 1 heterocycles. The molecule has 0 aromatic heterocycles. The third kappa shape index (κ3) is 2.60. The highest BCUT2D eigenvalue weighted by Gasteiger charge is 2.86. The molecule has 4 rings (SSSR count). The fourth-order valence-electron chi connectivity index (χ4n) is 4.74. The molecular weight excluding hydrogens is 374 g/mol. The van der Waals surface area contributed by atoms with E-state index < -0.39 is 16.4 Å². The van der Waals surface area contributed by atoms with Crippen molar-refractivity contribution >= 4 is 0 Å². The van der Waals surface area contributed by atoms with E-state index in [1.807, 2.05) is 89.8 Å². The van der Waals surface area contributed by atoms with Gasteiger partial charge in [0, 0.05) is 13.0 Å². The van der Waals surface area contributed by atoms with E-state index in [-0.39, 0.29) is 12.5 Å². The summed E-state index contributed by atoms with van der Waals surface area (Å²) in [6.07, 6.45) is 0.191. The van der Waals surface area contributed by atoms with Gasteiger partial charge in [-0.15, -0.1) is 0 Å². The first-order chi connectivity index (χ1) is 14.6. The topological polar surface area (TPSA) is 107 Å². The van der Waals surface area contributed by atoms with E-state index in [1.165, 1.54) is 0 Å². The number of hydrogen-bond acceptors (Lipinski definition) is 6. The second-order valence-electron chi connectivity index (χ2n) is 7.87. The van der Waals surface area contributed by atoms with Crippen molar-refractivity contribution < 1.29 is 4.74 Å². The van der Waals surface area contributed by atoms with Crippen molar-refractivity contribution in [2.24, 2.45) is 10.8 Å². The summed E-state index contributed by atoms with van der Waals surface area (Å²) in [5.41, 5.74) is -1.99. The zero-order valence-electron chi connectivity index (χ0n) is 16.3. The molecule has 1 aliphatic heterocycles. The maximum absolute atomic E-state index is 9.87. The monoisotopic (exact) mass is 393 g/mol. The Kier molecular flexibility index (Phi) is 4.77. The molecule has 0 amide bonds. The summed E-state index contributed by atoms with van der Waals surface area (Å²) >= 11 is 0. The molecule has 1 saturated heterocycles. The number of hydrogen-bond donors (Lipinski definition) is 0. The third-order valence-corrected chi connectivity index (χ3v) is 6.44. The Labute approximate surface area is 175 Å². The Morgan fingerprint density at radius 1 is 0.867 bits per heavy atom. The van der Waals surface area contributed by atoms with Gasteiger partial charge in [0.15, 0.2) is 10.8 Å². The van der Waals surface area contributed by atoms with E-state index in [0.29, 0.717) is 19.8 Å². The molecule has 6 nitrogen and oxygen atoms in total. The first-order valence-corrected chi connectivity index (χ1v) is 9.70. The summed E-state index contributed by atoms with van der Waals surface area (Å²) in [4.78, 5) is 2.05. The molecular formula is C24H19N5O. The van der Waals surface area contributed by atoms with Gasteiger partial charge in [-0.25, -0.2) is 0 Å². The zero-order valence-corrected chi connectivity index (χ0v) is 16.3. The van der Waals surface area contributed by atoms with Gasteiger partial charge in [0.1, 0.15) is 0 Å². The van der Waals surface area contributed by atoms with Gasteiger partial charge in [-0.2, -0.15) is 21.0 Å². The van der Waals surface area contributed by atoms with Crippen LogP contribution in [0.25, 0.3) is 0 Å². The van der Waals surface area contributed by atoms with Gasteiger partial charge < -0.3 is 4.74 Å². The molecule has 30 heavy (non-hydrogen) atoms. The van der Waals surface area contributed by atoms with Crippen molar-refractivity contribution in [2.75, 3.05) is 13.2 Å². The van der Waals surface area contributed by atoms with Gasteiger partial charge in [0.25, 0.3) is 0 Å². The summed E-state index contributed by atoms with van der Waals surface area (Å²) in [5.74, 6) is 0. The lowest BCUT2D eigenvalue weighted by molar-refractivity contribution is 0.00265. The number of benzene rings is 2. The highest BCUT2D eigenvalue weighted by atomic mass is 16.5. The van der Waals surface area contributed by atoms with Crippen LogP contribution in [0, 0.1) is 56.2 Å². The summed E-state index contributed by atoms with van der Waals surface area (Å²) in [7, 11) is 0. The van der Waals surface area contributed by atoms with Crippen molar-refractivity contribution in [2.45, 2.75) is 24.6 Å². The molecule has 3 atom stereocenters. The van der Waals surface area contributed by atoms with Crippen LogP contribution >= 0.6 is 0 Å². The van der Waals surface area contributed by atoms with Gasteiger partial charge >= 0.3 is 0 Å². The largest absolute Gasteiger partial charge is 0.375 e. The molecule has 6 heteroatoms. The van der Waals surface area contributed by atoms with E-state index in [0.717, 1.165) is 11.1 Å². The Morgan fingerprint density at radius 2 is 1.47 bits per heavy atom. The Morgan fingerprint density at radius 3 is 2.03 bits per heavy atom. The summed E-state index contributed by atoms with van der Waals surface area (Å²) in [6, 6.07) is 27.4. The minimum Gasteiger partial charge on any atom is -0.375 e. The van der Waals surface area contributed by atoms with E-state index >= 15 is 0 Å². The highest BCUT2D eigenvalue weighted by molar-refractivity contribution is 5.53. The average Bonchev–Trinajstić information content (AvgIpc) is 3.54. The van der Waals surface area contributed by atoms with Crippen molar-refractivity contribution in [3.05, 3.63) is 71.8 Å². The molecule has 0 N–H and O–H groups in total. The first kappa shape index (κ1) is 19.6. The van der Waals surface area contributed by atoms with Gasteiger partial charge in [-0.05, 0) is 11.1 Å². The lowest BCUT2D eigenvalue weighted by atomic mass is 9.44. The van der Waals surface area contributed by atoms with Crippen LogP contribution in [0.3, 0.4) is 0 Å². The lowest BCUT2D eigenvalue weighted by Crippen LogP contribution is -2.64. The SMILES string of the molecule is N#CC1(C#N)C[C@@]2(CN2[C@@H](COCc2ccccc2)c2ccccc2)C1(C#N)C#N. The Bertz CT molecular complexity index is 1070. The standard InChI is InChI=1S/C24H19N5O/c25-14-22(15-26)13-24(23(22,16-27)17-28)18-29(24)21(20-9-5-2-6-10-20)12-30-11-19-7-3-1-4-8-19/h1-10,21H,11-13,18H2/t21-,24+,29?/m0/s1. The third-order valence-electron chi connectivity index (χ3n) is 6.44. The molecule has 2 fully saturated rings. The number of nitriles is 4. The van der Waals surface area contributed by atoms with Crippen molar-refractivity contribution in [3.63, 3.8) is 0 Å². The molecule has 146 valence electrons. The highest BCUT2D eigenvalue weighted by Crippen LogP contribution is 2.72. The van der Waals surface area contributed by atoms with Crippen LogP contribution in [0.5, 0.6) is 0 Å². The predicted molar refractivity (Wildman–Crippen MR) is 107 cm³/mol. The molecule has 2 aromatic rings. The normalized spacial score (nSPS) is 25.5. The van der Waals surface area contributed by atoms with Gasteiger partial charge in [0.05, 0.1) is 49.1 Å². The van der Waals surface area contributed by atoms with Gasteiger partial charge in [0.2, 0.25) is 0 Å². The van der Waals surface area contributed by atoms with Crippen molar-refractivity contribution in [1.82, 2.24) is 4.90 Å². The maximum Gasteiger partial charge on any atom is 0.194 e. The Hall–Kier alpha value is -3.68. The van der Waals surface area contributed by atoms with E-state index in [1.54, 1.807) is 0 Å². The van der Waals surface area contributed by atoms with Crippen LogP contribution in [-0.4, -0.2) is 23.6 Å². The smallest absolute Gasteiger partial charge is 0.194 e. The second-order valence-corrected chi connectivity index (χ2v) is 7.87. The molecule has 2 aliphatic rings. The van der Waals surface area contributed by atoms with E-state index in [4.69, 9.17) is 4.74 Å². The molecule has 0 radical (unpaired) electrons. The van der Waals surface area contributed by atoms with Crippen LogP contribution in [0.1, 0.15) is 23.6 Å². The molecule has 1 spiro atoms. The number of ether oxygens (including phenoxy) is 1. The Balaban J connectivity index is 1.59. The second kappa shape index (κ2) is 7.29. The molecule has 1 saturated carbocycles. The number of nitrogens with zero attached hydrogens (tertiary/aromatic N) is 5. The maximum atomic E-state index is 9.87. The average molecular weight is 393 g/mol. The lowest BCUT2D eigenvalue weighted by Gasteiger charge is -2.50. The molecule has 1 aliphatic carbocycles. The predicted octanol–water partition coefficient (Wildman–Crippen LogP) is 3.47. The van der Waals surface area contributed by atoms with Crippen LogP contribution in [0.4, 0.5) is 0 Å². The molecule has 0 bridgehead atoms. The summed E-state index contributed by atoms with van der Waals surface area (Å²) in [6.45, 7) is 1.31.